The number of carbonyl (C=O) groups is 1. The summed E-state index contributed by atoms with van der Waals surface area (Å²) in [6.07, 6.45) is -1.35. The standard InChI is InChI=1S/C21H34O7/c1-11-7-13(23)9-21(4)6-5-12(8-14(11)21)20(2,3)28-19-18(26)17(25)16(24)15(10-22)27-19/h7,12,14-19,22,24-26H,5-6,8-10H2,1-4H3/t12-,14+,15-,16-,17+,18-,19+,21+/m1/s1. The number of rotatable bonds is 4. The number of fused-ring (bicyclic) bond motifs is 1. The van der Waals surface area contributed by atoms with Gasteiger partial charge in [-0.2, -0.15) is 0 Å². The highest BCUT2D eigenvalue weighted by molar-refractivity contribution is 5.92. The molecule has 0 amide bonds. The van der Waals surface area contributed by atoms with Gasteiger partial charge in [-0.25, -0.2) is 0 Å². The average Bonchev–Trinajstić information content (AvgIpc) is 2.61. The second kappa shape index (κ2) is 7.78. The van der Waals surface area contributed by atoms with Gasteiger partial charge < -0.3 is 29.9 Å². The summed E-state index contributed by atoms with van der Waals surface area (Å²) in [7, 11) is 0. The maximum atomic E-state index is 12.0. The lowest BCUT2D eigenvalue weighted by atomic mass is 9.56. The predicted molar refractivity (Wildman–Crippen MR) is 101 cm³/mol. The second-order valence-electron chi connectivity index (χ2n) is 9.63. The van der Waals surface area contributed by atoms with Gasteiger partial charge in [-0.3, -0.25) is 4.79 Å². The summed E-state index contributed by atoms with van der Waals surface area (Å²) in [5.41, 5.74) is 0.439. The number of allylic oxidation sites excluding steroid dienone is 2. The molecule has 8 atom stereocenters. The van der Waals surface area contributed by atoms with E-state index in [4.69, 9.17) is 9.47 Å². The topological polar surface area (TPSA) is 116 Å². The van der Waals surface area contributed by atoms with Crippen LogP contribution in [0, 0.1) is 17.3 Å². The quantitative estimate of drug-likeness (QED) is 0.556. The summed E-state index contributed by atoms with van der Waals surface area (Å²) in [6.45, 7) is 7.61. The third-order valence-electron chi connectivity index (χ3n) is 7.19. The van der Waals surface area contributed by atoms with Crippen LogP contribution in [-0.2, 0) is 14.3 Å². The Morgan fingerprint density at radius 2 is 1.93 bits per heavy atom. The van der Waals surface area contributed by atoms with Crippen LogP contribution in [0.5, 0.6) is 0 Å². The van der Waals surface area contributed by atoms with Crippen LogP contribution in [0.3, 0.4) is 0 Å². The molecule has 0 unspecified atom stereocenters. The Kier molecular flexibility index (Phi) is 6.07. The average molecular weight is 398 g/mol. The first kappa shape index (κ1) is 21.9. The first-order valence-electron chi connectivity index (χ1n) is 10.2. The molecular weight excluding hydrogens is 364 g/mol. The summed E-state index contributed by atoms with van der Waals surface area (Å²) >= 11 is 0. The number of ether oxygens (including phenoxy) is 2. The van der Waals surface area contributed by atoms with Crippen molar-refractivity contribution in [1.82, 2.24) is 0 Å². The van der Waals surface area contributed by atoms with Crippen LogP contribution in [0.1, 0.15) is 53.4 Å². The summed E-state index contributed by atoms with van der Waals surface area (Å²) < 4.78 is 11.6. The van der Waals surface area contributed by atoms with E-state index >= 15 is 0 Å². The van der Waals surface area contributed by atoms with Crippen molar-refractivity contribution in [2.24, 2.45) is 17.3 Å². The first-order valence-corrected chi connectivity index (χ1v) is 10.2. The smallest absolute Gasteiger partial charge is 0.187 e. The molecule has 160 valence electrons. The van der Waals surface area contributed by atoms with E-state index in [1.54, 1.807) is 6.08 Å². The molecule has 28 heavy (non-hydrogen) atoms. The Morgan fingerprint density at radius 1 is 1.25 bits per heavy atom. The van der Waals surface area contributed by atoms with E-state index in [-0.39, 0.29) is 17.1 Å². The Labute approximate surface area is 166 Å². The molecule has 2 aliphatic carbocycles. The Bertz CT molecular complexity index is 628. The van der Waals surface area contributed by atoms with E-state index in [1.165, 1.54) is 0 Å². The number of hydrogen-bond acceptors (Lipinski definition) is 7. The van der Waals surface area contributed by atoms with Crippen LogP contribution in [0.15, 0.2) is 11.6 Å². The highest BCUT2D eigenvalue weighted by Gasteiger charge is 2.50. The fourth-order valence-corrected chi connectivity index (χ4v) is 5.31. The van der Waals surface area contributed by atoms with E-state index in [0.29, 0.717) is 12.3 Å². The molecule has 0 spiro atoms. The van der Waals surface area contributed by atoms with Gasteiger partial charge in [0, 0.05) is 6.42 Å². The Morgan fingerprint density at radius 3 is 2.57 bits per heavy atom. The molecule has 7 heteroatoms. The van der Waals surface area contributed by atoms with Gasteiger partial charge in [0.2, 0.25) is 0 Å². The molecule has 2 fully saturated rings. The third kappa shape index (κ3) is 3.93. The van der Waals surface area contributed by atoms with Gasteiger partial charge in [0.1, 0.15) is 24.4 Å². The van der Waals surface area contributed by atoms with Crippen molar-refractivity contribution in [1.29, 1.82) is 0 Å². The monoisotopic (exact) mass is 398 g/mol. The molecule has 0 radical (unpaired) electrons. The van der Waals surface area contributed by atoms with Crippen molar-refractivity contribution < 1.29 is 34.7 Å². The molecule has 0 aromatic heterocycles. The van der Waals surface area contributed by atoms with E-state index in [0.717, 1.165) is 24.8 Å². The van der Waals surface area contributed by atoms with Gasteiger partial charge in [0.15, 0.2) is 12.1 Å². The number of aliphatic hydroxyl groups excluding tert-OH is 4. The minimum absolute atomic E-state index is 0.0222. The fourth-order valence-electron chi connectivity index (χ4n) is 5.31. The van der Waals surface area contributed by atoms with Crippen LogP contribution in [0.4, 0.5) is 0 Å². The lowest BCUT2D eigenvalue weighted by molar-refractivity contribution is -0.330. The van der Waals surface area contributed by atoms with Crippen LogP contribution in [0.25, 0.3) is 0 Å². The van der Waals surface area contributed by atoms with Crippen LogP contribution >= 0.6 is 0 Å². The molecule has 7 nitrogen and oxygen atoms in total. The van der Waals surface area contributed by atoms with Crippen LogP contribution < -0.4 is 0 Å². The zero-order valence-corrected chi connectivity index (χ0v) is 17.2. The molecule has 0 bridgehead atoms. The van der Waals surface area contributed by atoms with Crippen molar-refractivity contribution in [3.8, 4) is 0 Å². The second-order valence-corrected chi connectivity index (χ2v) is 9.63. The number of ketones is 1. The molecule has 3 aliphatic rings. The van der Waals surface area contributed by atoms with Crippen molar-refractivity contribution in [2.45, 2.75) is 89.7 Å². The largest absolute Gasteiger partial charge is 0.394 e. The minimum atomic E-state index is -1.45. The highest BCUT2D eigenvalue weighted by atomic mass is 16.7. The van der Waals surface area contributed by atoms with E-state index in [9.17, 15) is 25.2 Å². The maximum absolute atomic E-state index is 12.0. The summed E-state index contributed by atoms with van der Waals surface area (Å²) in [5, 5.41) is 39.6. The molecule has 0 aromatic carbocycles. The molecule has 0 aromatic rings. The van der Waals surface area contributed by atoms with Gasteiger partial charge in [-0.05, 0) is 63.4 Å². The summed E-state index contributed by atoms with van der Waals surface area (Å²) in [5.74, 6) is 0.683. The zero-order chi connectivity index (χ0) is 20.9. The van der Waals surface area contributed by atoms with Gasteiger partial charge in [-0.1, -0.05) is 12.5 Å². The van der Waals surface area contributed by atoms with Gasteiger partial charge in [0.05, 0.1) is 12.2 Å². The van der Waals surface area contributed by atoms with Gasteiger partial charge in [0.25, 0.3) is 0 Å². The Balaban J connectivity index is 1.73. The lowest BCUT2D eigenvalue weighted by Crippen LogP contribution is -2.61. The predicted octanol–water partition coefficient (Wildman–Crippen LogP) is 0.923. The zero-order valence-electron chi connectivity index (χ0n) is 17.2. The SMILES string of the molecule is CC1=CC(=O)C[C@]2(C)CC[C@@H](C(C)(C)O[C@@H]3O[C@H](CO)[C@@H](O)[C@H](O)[C@H]3O)C[C@@H]12. The van der Waals surface area contributed by atoms with Crippen molar-refractivity contribution in [3.05, 3.63) is 11.6 Å². The Hall–Kier alpha value is -0.830. The normalized spacial score (nSPS) is 44.8. The highest BCUT2D eigenvalue weighted by Crippen LogP contribution is 2.53. The molecule has 4 N–H and O–H groups in total. The minimum Gasteiger partial charge on any atom is -0.394 e. The number of carbonyl (C=O) groups excluding carboxylic acids is 1. The van der Waals surface area contributed by atoms with Gasteiger partial charge in [-0.15, -0.1) is 0 Å². The van der Waals surface area contributed by atoms with E-state index in [2.05, 4.69) is 6.92 Å². The van der Waals surface area contributed by atoms with Crippen LogP contribution in [0.2, 0.25) is 0 Å². The lowest BCUT2D eigenvalue weighted by Gasteiger charge is -2.51. The van der Waals surface area contributed by atoms with Gasteiger partial charge >= 0.3 is 0 Å². The van der Waals surface area contributed by atoms with Crippen molar-refractivity contribution in [2.75, 3.05) is 6.61 Å². The third-order valence-corrected chi connectivity index (χ3v) is 7.19. The number of hydrogen-bond donors (Lipinski definition) is 4. The molecule has 1 aliphatic heterocycles. The molecule has 1 saturated heterocycles. The molecule has 1 saturated carbocycles. The first-order chi connectivity index (χ1) is 13.0. The number of aliphatic hydroxyl groups is 4. The molecular formula is C21H34O7. The fraction of sp³-hybridized carbons (Fsp3) is 0.857. The van der Waals surface area contributed by atoms with E-state index < -0.39 is 42.9 Å². The maximum Gasteiger partial charge on any atom is 0.187 e. The van der Waals surface area contributed by atoms with Crippen molar-refractivity contribution in [3.63, 3.8) is 0 Å². The van der Waals surface area contributed by atoms with Crippen molar-refractivity contribution >= 4 is 5.78 Å². The van der Waals surface area contributed by atoms with Crippen LogP contribution in [-0.4, -0.2) is 69.1 Å². The summed E-state index contributed by atoms with van der Waals surface area (Å²) in [4.78, 5) is 12.0. The molecule has 3 rings (SSSR count). The summed E-state index contributed by atoms with van der Waals surface area (Å²) in [6, 6.07) is 0. The molecule has 1 heterocycles. The van der Waals surface area contributed by atoms with E-state index in [1.807, 2.05) is 20.8 Å².